The van der Waals surface area contributed by atoms with Crippen LogP contribution in [0, 0.1) is 5.82 Å². The molecule has 0 atom stereocenters. The van der Waals surface area contributed by atoms with Crippen LogP contribution in [-0.4, -0.2) is 11.1 Å². The molecule has 0 saturated heterocycles. The van der Waals surface area contributed by atoms with Crippen molar-refractivity contribution in [3.8, 4) is 10.4 Å². The summed E-state index contributed by atoms with van der Waals surface area (Å²) in [5.74, 6) is -1.24. The maximum Gasteiger partial charge on any atom is 0.328 e. The second-order valence-corrected chi connectivity index (χ2v) is 4.50. The largest absolute Gasteiger partial charge is 0.478 e. The Morgan fingerprint density at radius 1 is 1.18 bits per heavy atom. The Bertz CT molecular complexity index is 555. The number of carboxylic acid groups (broad SMARTS) is 1. The Labute approximate surface area is 102 Å². The number of aliphatic carboxylic acids is 1. The number of carbonyl (C=O) groups is 1. The molecule has 4 heteroatoms. The molecule has 2 aromatic rings. The van der Waals surface area contributed by atoms with Crippen LogP contribution in [0.1, 0.15) is 4.88 Å². The first-order valence-electron chi connectivity index (χ1n) is 4.92. The van der Waals surface area contributed by atoms with E-state index in [9.17, 15) is 9.18 Å². The van der Waals surface area contributed by atoms with Gasteiger partial charge in [0.05, 0.1) is 0 Å². The summed E-state index contributed by atoms with van der Waals surface area (Å²) in [5.41, 5.74) is 0.923. The molecule has 86 valence electrons. The molecule has 0 saturated carbocycles. The minimum absolute atomic E-state index is 0.267. The van der Waals surface area contributed by atoms with Crippen molar-refractivity contribution in [1.29, 1.82) is 0 Å². The maximum absolute atomic E-state index is 12.7. The van der Waals surface area contributed by atoms with Crippen molar-refractivity contribution < 1.29 is 14.3 Å². The molecule has 0 aliphatic carbocycles. The number of hydrogen-bond donors (Lipinski definition) is 1. The van der Waals surface area contributed by atoms with Crippen molar-refractivity contribution in [3.05, 3.63) is 53.2 Å². The second-order valence-electron chi connectivity index (χ2n) is 3.38. The number of carboxylic acids is 1. The van der Waals surface area contributed by atoms with E-state index in [1.807, 2.05) is 12.1 Å². The van der Waals surface area contributed by atoms with Gasteiger partial charge in [-0.1, -0.05) is 12.1 Å². The number of rotatable bonds is 3. The van der Waals surface area contributed by atoms with Crippen LogP contribution in [0.15, 0.2) is 42.5 Å². The van der Waals surface area contributed by atoms with Crippen LogP contribution in [0.2, 0.25) is 0 Å². The van der Waals surface area contributed by atoms with Gasteiger partial charge in [-0.2, -0.15) is 0 Å². The third kappa shape index (κ3) is 3.01. The first-order chi connectivity index (χ1) is 8.15. The lowest BCUT2D eigenvalue weighted by molar-refractivity contribution is -0.131. The Morgan fingerprint density at radius 2 is 1.88 bits per heavy atom. The summed E-state index contributed by atoms with van der Waals surface area (Å²) in [4.78, 5) is 12.2. The van der Waals surface area contributed by atoms with Crippen molar-refractivity contribution in [3.63, 3.8) is 0 Å². The summed E-state index contributed by atoms with van der Waals surface area (Å²) < 4.78 is 12.7. The molecule has 0 unspecified atom stereocenters. The minimum atomic E-state index is -0.971. The molecule has 17 heavy (non-hydrogen) atoms. The molecule has 1 N–H and O–H groups in total. The van der Waals surface area contributed by atoms with Crippen molar-refractivity contribution in [2.45, 2.75) is 0 Å². The number of halogens is 1. The molecule has 2 nitrogen and oxygen atoms in total. The van der Waals surface area contributed by atoms with Gasteiger partial charge in [-0.3, -0.25) is 0 Å². The maximum atomic E-state index is 12.7. The Balaban J connectivity index is 2.23. The summed E-state index contributed by atoms with van der Waals surface area (Å²) in [7, 11) is 0. The highest BCUT2D eigenvalue weighted by Gasteiger charge is 2.01. The van der Waals surface area contributed by atoms with E-state index < -0.39 is 5.97 Å². The van der Waals surface area contributed by atoms with E-state index >= 15 is 0 Å². The van der Waals surface area contributed by atoms with Gasteiger partial charge in [-0.05, 0) is 35.9 Å². The smallest absolute Gasteiger partial charge is 0.328 e. The SMILES string of the molecule is O=C(O)/C=C/c1ccc(-c2ccc(F)cc2)s1. The number of thiophene rings is 1. The summed E-state index contributed by atoms with van der Waals surface area (Å²) in [6.45, 7) is 0. The van der Waals surface area contributed by atoms with Crippen molar-refractivity contribution in [2.24, 2.45) is 0 Å². The highest BCUT2D eigenvalue weighted by Crippen LogP contribution is 2.28. The molecule has 0 aliphatic heterocycles. The zero-order valence-corrected chi connectivity index (χ0v) is 9.58. The average Bonchev–Trinajstić information content (AvgIpc) is 2.76. The molecule has 0 bridgehead atoms. The molecular formula is C13H9FO2S. The van der Waals surface area contributed by atoms with E-state index in [1.54, 1.807) is 18.2 Å². The van der Waals surface area contributed by atoms with E-state index in [0.717, 1.165) is 21.4 Å². The van der Waals surface area contributed by atoms with Gasteiger partial charge in [0.15, 0.2) is 0 Å². The number of hydrogen-bond acceptors (Lipinski definition) is 2. The van der Waals surface area contributed by atoms with Crippen molar-refractivity contribution in [1.82, 2.24) is 0 Å². The fourth-order valence-electron chi connectivity index (χ4n) is 1.37. The molecule has 0 fully saturated rings. The molecule has 0 amide bonds. The van der Waals surface area contributed by atoms with Gasteiger partial charge in [0.25, 0.3) is 0 Å². The van der Waals surface area contributed by atoms with Gasteiger partial charge in [-0.25, -0.2) is 9.18 Å². The Hall–Kier alpha value is -1.94. The monoisotopic (exact) mass is 248 g/mol. The lowest BCUT2D eigenvalue weighted by atomic mass is 10.2. The first-order valence-corrected chi connectivity index (χ1v) is 5.73. The number of benzene rings is 1. The quantitative estimate of drug-likeness (QED) is 0.842. The second kappa shape index (κ2) is 4.93. The van der Waals surface area contributed by atoms with E-state index in [-0.39, 0.29) is 5.82 Å². The highest BCUT2D eigenvalue weighted by molar-refractivity contribution is 7.16. The molecule has 1 heterocycles. The zero-order chi connectivity index (χ0) is 12.3. The van der Waals surface area contributed by atoms with E-state index in [4.69, 9.17) is 5.11 Å². The summed E-state index contributed by atoms with van der Waals surface area (Å²) >= 11 is 1.46. The zero-order valence-electron chi connectivity index (χ0n) is 8.76. The van der Waals surface area contributed by atoms with Crippen molar-refractivity contribution >= 4 is 23.4 Å². The molecule has 1 aromatic heterocycles. The van der Waals surface area contributed by atoms with Crippen LogP contribution in [0.5, 0.6) is 0 Å². The predicted molar refractivity (Wildman–Crippen MR) is 66.4 cm³/mol. The van der Waals surface area contributed by atoms with Gasteiger partial charge < -0.3 is 5.11 Å². The van der Waals surface area contributed by atoms with Crippen LogP contribution in [0.4, 0.5) is 4.39 Å². The fourth-order valence-corrected chi connectivity index (χ4v) is 2.28. The molecule has 0 radical (unpaired) electrons. The summed E-state index contributed by atoms with van der Waals surface area (Å²) in [5, 5.41) is 8.51. The molecular weight excluding hydrogens is 239 g/mol. The molecule has 1 aromatic carbocycles. The summed E-state index contributed by atoms with van der Waals surface area (Å²) in [6, 6.07) is 9.93. The van der Waals surface area contributed by atoms with Crippen LogP contribution < -0.4 is 0 Å². The first kappa shape index (κ1) is 11.5. The van der Waals surface area contributed by atoms with Crippen LogP contribution in [0.25, 0.3) is 16.5 Å². The molecule has 2 rings (SSSR count). The van der Waals surface area contributed by atoms with E-state index in [0.29, 0.717) is 0 Å². The standard InChI is InChI=1S/C13H9FO2S/c14-10-3-1-9(2-4-10)12-7-5-11(17-12)6-8-13(15)16/h1-8H,(H,15,16)/b8-6+. The summed E-state index contributed by atoms with van der Waals surface area (Å²) in [6.07, 6.45) is 2.64. The highest BCUT2D eigenvalue weighted by atomic mass is 32.1. The Kier molecular flexibility index (Phi) is 3.35. The van der Waals surface area contributed by atoms with Crippen molar-refractivity contribution in [2.75, 3.05) is 0 Å². The normalized spacial score (nSPS) is 10.9. The van der Waals surface area contributed by atoms with Gasteiger partial charge in [0.2, 0.25) is 0 Å². The van der Waals surface area contributed by atoms with E-state index in [1.165, 1.54) is 23.5 Å². The van der Waals surface area contributed by atoms with Gasteiger partial charge in [0, 0.05) is 15.8 Å². The van der Waals surface area contributed by atoms with Crippen LogP contribution in [-0.2, 0) is 4.79 Å². The average molecular weight is 248 g/mol. The van der Waals surface area contributed by atoms with E-state index in [2.05, 4.69) is 0 Å². The molecule has 0 spiro atoms. The van der Waals surface area contributed by atoms with Crippen LogP contribution in [0.3, 0.4) is 0 Å². The third-order valence-corrected chi connectivity index (χ3v) is 3.25. The molecule has 0 aliphatic rings. The topological polar surface area (TPSA) is 37.3 Å². The lowest BCUT2D eigenvalue weighted by Gasteiger charge is -1.95. The van der Waals surface area contributed by atoms with Gasteiger partial charge >= 0.3 is 5.97 Å². The Morgan fingerprint density at radius 3 is 2.53 bits per heavy atom. The lowest BCUT2D eigenvalue weighted by Crippen LogP contribution is -1.84. The third-order valence-electron chi connectivity index (χ3n) is 2.15. The van der Waals surface area contributed by atoms with Gasteiger partial charge in [0.1, 0.15) is 5.82 Å². The predicted octanol–water partition coefficient (Wildman–Crippen LogP) is 3.65. The van der Waals surface area contributed by atoms with Gasteiger partial charge in [-0.15, -0.1) is 11.3 Å². The fraction of sp³-hybridized carbons (Fsp3) is 0. The van der Waals surface area contributed by atoms with Crippen LogP contribution >= 0.6 is 11.3 Å². The minimum Gasteiger partial charge on any atom is -0.478 e.